The highest BCUT2D eigenvalue weighted by Crippen LogP contribution is 2.44. The first-order valence-corrected chi connectivity index (χ1v) is 11.4. The number of aliphatic hydroxyl groups is 1. The van der Waals surface area contributed by atoms with Gasteiger partial charge in [0.15, 0.2) is 17.4 Å². The number of rotatable bonds is 5. The van der Waals surface area contributed by atoms with Gasteiger partial charge in [0, 0.05) is 17.3 Å². The Morgan fingerprint density at radius 2 is 1.80 bits per heavy atom. The predicted molar refractivity (Wildman–Crippen MR) is 126 cm³/mol. The van der Waals surface area contributed by atoms with Gasteiger partial charge in [0.2, 0.25) is 5.78 Å². The molecule has 1 amide bonds. The number of aromatic nitrogens is 1. The van der Waals surface area contributed by atoms with Crippen LogP contribution in [0, 0.1) is 25.5 Å². The molecule has 0 saturated heterocycles. The van der Waals surface area contributed by atoms with E-state index in [-0.39, 0.29) is 21.9 Å². The fraction of sp³-hybridized carbons (Fsp3) is 0.115. The van der Waals surface area contributed by atoms with Crippen molar-refractivity contribution >= 4 is 28.7 Å². The Balaban J connectivity index is 1.63. The van der Waals surface area contributed by atoms with Crippen molar-refractivity contribution in [3.63, 3.8) is 0 Å². The number of hydrogen-bond acceptors (Lipinski definition) is 6. The predicted octanol–water partition coefficient (Wildman–Crippen LogP) is 6.08. The van der Waals surface area contributed by atoms with Gasteiger partial charge < -0.3 is 9.52 Å². The Morgan fingerprint density at radius 1 is 1.06 bits per heavy atom. The van der Waals surface area contributed by atoms with Crippen LogP contribution in [0.15, 0.2) is 76.4 Å². The Kier molecular flexibility index (Phi) is 5.56. The molecule has 0 saturated carbocycles. The largest absolute Gasteiger partial charge is 0.503 e. The van der Waals surface area contributed by atoms with E-state index in [0.717, 1.165) is 33.9 Å². The maximum Gasteiger partial charge on any atom is 0.294 e. The molecule has 0 fully saturated rings. The Bertz CT molecular complexity index is 1510. The molecule has 9 heteroatoms. The maximum atomic E-state index is 14.0. The Labute approximate surface area is 202 Å². The molecule has 1 atom stereocenters. The Morgan fingerprint density at radius 3 is 2.46 bits per heavy atom. The van der Waals surface area contributed by atoms with Crippen molar-refractivity contribution in [3.8, 4) is 10.6 Å². The first kappa shape index (κ1) is 22.7. The van der Waals surface area contributed by atoms with Crippen molar-refractivity contribution in [2.75, 3.05) is 4.90 Å². The minimum atomic E-state index is -1.18. The van der Waals surface area contributed by atoms with Crippen molar-refractivity contribution in [1.82, 2.24) is 4.98 Å². The molecule has 0 radical (unpaired) electrons. The smallest absolute Gasteiger partial charge is 0.294 e. The van der Waals surface area contributed by atoms with E-state index < -0.39 is 35.1 Å². The lowest BCUT2D eigenvalue weighted by molar-refractivity contribution is -0.117. The van der Waals surface area contributed by atoms with Gasteiger partial charge >= 0.3 is 0 Å². The summed E-state index contributed by atoms with van der Waals surface area (Å²) >= 11 is 1.14. The van der Waals surface area contributed by atoms with Crippen molar-refractivity contribution in [1.29, 1.82) is 0 Å². The number of halogens is 2. The molecule has 35 heavy (non-hydrogen) atoms. The minimum Gasteiger partial charge on any atom is -0.503 e. The van der Waals surface area contributed by atoms with E-state index >= 15 is 0 Å². The standard InChI is InChI=1S/C26H18F2N2O4S/c1-13-8-11-19(34-13)21-20(23(32)26(33)30(21)16-9-10-17(27)18(28)12-16)22(31)24-14(2)29-25(35-24)15-6-4-3-5-7-15/h3-12,21,32H,1-2H3. The van der Waals surface area contributed by atoms with Crippen LogP contribution in [0.1, 0.15) is 32.9 Å². The molecule has 1 N–H and O–H groups in total. The van der Waals surface area contributed by atoms with E-state index in [1.165, 1.54) is 6.07 Å². The van der Waals surface area contributed by atoms with Gasteiger partial charge in [-0.15, -0.1) is 11.3 Å². The van der Waals surface area contributed by atoms with E-state index in [1.807, 2.05) is 30.3 Å². The number of ketones is 1. The van der Waals surface area contributed by atoms with Crippen LogP contribution in [0.5, 0.6) is 0 Å². The molecular weight excluding hydrogens is 474 g/mol. The number of nitrogens with zero attached hydrogens (tertiary/aromatic N) is 2. The molecule has 0 bridgehead atoms. The topological polar surface area (TPSA) is 83.6 Å². The second-order valence-electron chi connectivity index (χ2n) is 8.02. The molecule has 2 aromatic carbocycles. The van der Waals surface area contributed by atoms with Crippen LogP contribution in [0.25, 0.3) is 10.6 Å². The third kappa shape index (κ3) is 3.83. The second-order valence-corrected chi connectivity index (χ2v) is 9.01. The molecule has 1 unspecified atom stereocenters. The van der Waals surface area contributed by atoms with Crippen LogP contribution in [0.4, 0.5) is 14.5 Å². The molecule has 0 aliphatic carbocycles. The summed E-state index contributed by atoms with van der Waals surface area (Å²) < 4.78 is 33.3. The lowest BCUT2D eigenvalue weighted by atomic mass is 9.99. The average molecular weight is 493 g/mol. The third-order valence-electron chi connectivity index (χ3n) is 5.69. The average Bonchev–Trinajstić information content (AvgIpc) is 3.52. The number of anilines is 1. The number of carbonyl (C=O) groups excluding carboxylic acids is 2. The first-order valence-electron chi connectivity index (χ1n) is 10.6. The second kappa shape index (κ2) is 8.59. The number of hydrogen-bond donors (Lipinski definition) is 1. The summed E-state index contributed by atoms with van der Waals surface area (Å²) in [5, 5.41) is 11.5. The summed E-state index contributed by atoms with van der Waals surface area (Å²) in [4.78, 5) is 32.7. The monoisotopic (exact) mass is 492 g/mol. The molecule has 1 aliphatic heterocycles. The van der Waals surface area contributed by atoms with Crippen LogP contribution >= 0.6 is 11.3 Å². The molecule has 0 spiro atoms. The van der Waals surface area contributed by atoms with E-state index in [1.54, 1.807) is 26.0 Å². The zero-order chi connectivity index (χ0) is 24.9. The lowest BCUT2D eigenvalue weighted by Crippen LogP contribution is -2.31. The molecular formula is C26H18F2N2O4S. The van der Waals surface area contributed by atoms with Crippen molar-refractivity contribution in [3.05, 3.63) is 106 Å². The quantitative estimate of drug-likeness (QED) is 0.341. The summed E-state index contributed by atoms with van der Waals surface area (Å²) in [7, 11) is 0. The SMILES string of the molecule is Cc1ccc(C2C(C(=O)c3sc(-c4ccccc4)nc3C)=C(O)C(=O)N2c2ccc(F)c(F)c2)o1. The first-order chi connectivity index (χ1) is 16.8. The van der Waals surface area contributed by atoms with Gasteiger partial charge in [-0.05, 0) is 38.1 Å². The summed E-state index contributed by atoms with van der Waals surface area (Å²) in [5.74, 6) is -3.87. The summed E-state index contributed by atoms with van der Waals surface area (Å²) in [5.41, 5.74) is 1.00. The fourth-order valence-electron chi connectivity index (χ4n) is 4.04. The number of aliphatic hydroxyl groups excluding tert-OH is 1. The van der Waals surface area contributed by atoms with Gasteiger partial charge in [-0.25, -0.2) is 13.8 Å². The summed E-state index contributed by atoms with van der Waals surface area (Å²) in [6.07, 6.45) is 0. The maximum absolute atomic E-state index is 14.0. The highest BCUT2D eigenvalue weighted by molar-refractivity contribution is 7.17. The van der Waals surface area contributed by atoms with Gasteiger partial charge in [-0.2, -0.15) is 0 Å². The number of furan rings is 1. The van der Waals surface area contributed by atoms with E-state index in [9.17, 15) is 23.5 Å². The van der Waals surface area contributed by atoms with Gasteiger partial charge in [0.1, 0.15) is 22.6 Å². The number of amides is 1. The van der Waals surface area contributed by atoms with Crippen molar-refractivity contribution in [2.45, 2.75) is 19.9 Å². The van der Waals surface area contributed by atoms with Crippen LogP contribution < -0.4 is 4.90 Å². The number of carbonyl (C=O) groups is 2. The summed E-state index contributed by atoms with van der Waals surface area (Å²) in [6.45, 7) is 3.36. The minimum absolute atomic E-state index is 0.0340. The van der Waals surface area contributed by atoms with Crippen LogP contribution in [-0.4, -0.2) is 21.8 Å². The van der Waals surface area contributed by atoms with E-state index in [0.29, 0.717) is 16.5 Å². The third-order valence-corrected chi connectivity index (χ3v) is 6.89. The molecule has 2 aromatic heterocycles. The molecule has 5 rings (SSSR count). The van der Waals surface area contributed by atoms with Crippen LogP contribution in [0.3, 0.4) is 0 Å². The van der Waals surface area contributed by atoms with Crippen LogP contribution in [-0.2, 0) is 4.79 Å². The highest BCUT2D eigenvalue weighted by atomic mass is 32.1. The molecule has 3 heterocycles. The Hall–Kier alpha value is -4.11. The molecule has 6 nitrogen and oxygen atoms in total. The molecule has 1 aliphatic rings. The zero-order valence-electron chi connectivity index (χ0n) is 18.6. The molecule has 176 valence electrons. The van der Waals surface area contributed by atoms with Gasteiger partial charge in [-0.3, -0.25) is 14.5 Å². The number of thiazole rings is 1. The van der Waals surface area contributed by atoms with Gasteiger partial charge in [0.25, 0.3) is 5.91 Å². The lowest BCUT2D eigenvalue weighted by Gasteiger charge is -2.25. The van der Waals surface area contributed by atoms with Crippen molar-refractivity contribution < 1.29 is 27.9 Å². The number of aryl methyl sites for hydroxylation is 2. The molecule has 4 aromatic rings. The number of benzene rings is 2. The normalized spacial score (nSPS) is 15.8. The fourth-order valence-corrected chi connectivity index (χ4v) is 5.07. The highest BCUT2D eigenvalue weighted by Gasteiger charge is 2.47. The van der Waals surface area contributed by atoms with Crippen molar-refractivity contribution in [2.24, 2.45) is 0 Å². The van der Waals surface area contributed by atoms with Gasteiger partial charge in [0.05, 0.1) is 16.1 Å². The number of Topliss-reactive ketones (excluding diaryl/α,β-unsaturated/α-hetero) is 1. The summed E-state index contributed by atoms with van der Waals surface area (Å²) in [6, 6.07) is 14.2. The van der Waals surface area contributed by atoms with E-state index in [4.69, 9.17) is 4.42 Å². The van der Waals surface area contributed by atoms with Gasteiger partial charge in [-0.1, -0.05) is 30.3 Å². The zero-order valence-corrected chi connectivity index (χ0v) is 19.4. The van der Waals surface area contributed by atoms with E-state index in [2.05, 4.69) is 4.98 Å². The van der Waals surface area contributed by atoms with Crippen LogP contribution in [0.2, 0.25) is 0 Å².